The van der Waals surface area contributed by atoms with Gasteiger partial charge in [0.15, 0.2) is 0 Å². The normalized spacial score (nSPS) is 12.2. The van der Waals surface area contributed by atoms with Gasteiger partial charge in [-0.1, -0.05) is 18.5 Å². The molecule has 1 aromatic rings. The minimum absolute atomic E-state index is 0.444. The molecule has 0 heterocycles. The maximum atomic E-state index is 11.2. The molecule has 4 N–H and O–H groups in total. The molecule has 5 heteroatoms. The van der Waals surface area contributed by atoms with Crippen LogP contribution in [0.25, 0.3) is 0 Å². The van der Waals surface area contributed by atoms with Crippen LogP contribution in [-0.2, 0) is 0 Å². The zero-order valence-corrected chi connectivity index (χ0v) is 10.8. The third kappa shape index (κ3) is 4.24. The molecule has 0 aliphatic rings. The van der Waals surface area contributed by atoms with Crippen molar-refractivity contribution in [3.63, 3.8) is 0 Å². The number of carbonyl (C=O) groups is 1. The van der Waals surface area contributed by atoms with Gasteiger partial charge in [0.25, 0.3) is 5.91 Å². The summed E-state index contributed by atoms with van der Waals surface area (Å²) in [5.41, 5.74) is 6.45. The summed E-state index contributed by atoms with van der Waals surface area (Å²) in [5.74, 6) is -0.00913. The van der Waals surface area contributed by atoms with E-state index in [-0.39, 0.29) is 0 Å². The van der Waals surface area contributed by atoms with Crippen molar-refractivity contribution in [2.45, 2.75) is 6.92 Å². The highest BCUT2D eigenvalue weighted by Gasteiger charge is 2.09. The van der Waals surface area contributed by atoms with Crippen molar-refractivity contribution in [3.05, 3.63) is 28.8 Å². The second-order valence-electron chi connectivity index (χ2n) is 4.10. The lowest BCUT2D eigenvalue weighted by atomic mass is 10.1. The highest BCUT2D eigenvalue weighted by atomic mass is 35.5. The van der Waals surface area contributed by atoms with Crippen molar-refractivity contribution in [1.29, 1.82) is 0 Å². The van der Waals surface area contributed by atoms with Crippen LogP contribution < -0.4 is 16.4 Å². The number of anilines is 1. The van der Waals surface area contributed by atoms with Gasteiger partial charge in [0.05, 0.1) is 5.56 Å². The number of halogens is 1. The number of carbonyl (C=O) groups excluding carboxylic acids is 1. The molecule has 0 bridgehead atoms. The Hall–Kier alpha value is -1.26. The van der Waals surface area contributed by atoms with Gasteiger partial charge in [-0.25, -0.2) is 0 Å². The lowest BCUT2D eigenvalue weighted by Crippen LogP contribution is -2.24. The predicted octanol–water partition coefficient (Wildman–Crippen LogP) is 1.71. The van der Waals surface area contributed by atoms with Crippen molar-refractivity contribution < 1.29 is 4.79 Å². The van der Waals surface area contributed by atoms with E-state index in [4.69, 9.17) is 17.3 Å². The molecular weight excluding hydrogens is 238 g/mol. The average Bonchev–Trinajstić information content (AvgIpc) is 2.26. The number of primary amides is 1. The number of rotatable bonds is 6. The maximum Gasteiger partial charge on any atom is 0.250 e. The van der Waals surface area contributed by atoms with E-state index in [0.717, 1.165) is 13.1 Å². The molecule has 94 valence electrons. The molecular formula is C12H18ClN3O. The quantitative estimate of drug-likeness (QED) is 0.725. The molecule has 0 aliphatic carbocycles. The molecule has 1 unspecified atom stereocenters. The zero-order chi connectivity index (χ0) is 12.8. The van der Waals surface area contributed by atoms with Crippen LogP contribution in [0, 0.1) is 5.92 Å². The minimum Gasteiger partial charge on any atom is -0.384 e. The van der Waals surface area contributed by atoms with Gasteiger partial charge < -0.3 is 16.4 Å². The van der Waals surface area contributed by atoms with Gasteiger partial charge in [-0.3, -0.25) is 4.79 Å². The summed E-state index contributed by atoms with van der Waals surface area (Å²) < 4.78 is 0. The smallest absolute Gasteiger partial charge is 0.250 e. The molecule has 1 amide bonds. The number of nitrogens with two attached hydrogens (primary N) is 1. The number of amides is 1. The molecule has 0 aromatic heterocycles. The van der Waals surface area contributed by atoms with Crippen LogP contribution in [0.5, 0.6) is 0 Å². The number of nitrogens with one attached hydrogen (secondary N) is 2. The second-order valence-corrected chi connectivity index (χ2v) is 4.53. The standard InChI is InChI=1S/C12H18ClN3O/c1-8(6-15-2)7-16-11-5-9(13)3-4-10(11)12(14)17/h3-5,8,15-16H,6-7H2,1-2H3,(H2,14,17). The van der Waals surface area contributed by atoms with Gasteiger partial charge >= 0.3 is 0 Å². The van der Waals surface area contributed by atoms with Crippen LogP contribution >= 0.6 is 11.6 Å². The lowest BCUT2D eigenvalue weighted by Gasteiger charge is -2.15. The van der Waals surface area contributed by atoms with E-state index < -0.39 is 5.91 Å². The first-order valence-corrected chi connectivity index (χ1v) is 5.90. The Morgan fingerprint density at radius 3 is 2.76 bits per heavy atom. The third-order valence-electron chi connectivity index (χ3n) is 2.44. The Balaban J connectivity index is 2.75. The monoisotopic (exact) mass is 255 g/mol. The van der Waals surface area contributed by atoms with Crippen LogP contribution in [0.3, 0.4) is 0 Å². The van der Waals surface area contributed by atoms with Crippen molar-refractivity contribution in [2.24, 2.45) is 11.7 Å². The van der Waals surface area contributed by atoms with Crippen molar-refractivity contribution in [2.75, 3.05) is 25.5 Å². The molecule has 0 spiro atoms. The van der Waals surface area contributed by atoms with Crippen LogP contribution in [-0.4, -0.2) is 26.0 Å². The fourth-order valence-electron chi connectivity index (χ4n) is 1.58. The van der Waals surface area contributed by atoms with Gasteiger partial charge in [-0.15, -0.1) is 0 Å². The molecule has 17 heavy (non-hydrogen) atoms. The van der Waals surface area contributed by atoms with Gasteiger partial charge in [-0.05, 0) is 37.7 Å². The summed E-state index contributed by atoms with van der Waals surface area (Å²) in [5, 5.41) is 6.87. The Kier molecular flexibility index (Phi) is 5.25. The van der Waals surface area contributed by atoms with E-state index >= 15 is 0 Å². The molecule has 0 fully saturated rings. The van der Waals surface area contributed by atoms with E-state index in [9.17, 15) is 4.79 Å². The van der Waals surface area contributed by atoms with Crippen molar-refractivity contribution in [3.8, 4) is 0 Å². The van der Waals surface area contributed by atoms with Crippen LogP contribution in [0.1, 0.15) is 17.3 Å². The fourth-order valence-corrected chi connectivity index (χ4v) is 1.75. The Morgan fingerprint density at radius 2 is 2.18 bits per heavy atom. The largest absolute Gasteiger partial charge is 0.384 e. The molecule has 0 radical (unpaired) electrons. The number of hydrogen-bond donors (Lipinski definition) is 3. The van der Waals surface area contributed by atoms with E-state index in [1.165, 1.54) is 0 Å². The fraction of sp³-hybridized carbons (Fsp3) is 0.417. The maximum absolute atomic E-state index is 11.2. The zero-order valence-electron chi connectivity index (χ0n) is 10.1. The minimum atomic E-state index is -0.453. The van der Waals surface area contributed by atoms with Crippen molar-refractivity contribution in [1.82, 2.24) is 5.32 Å². The first kappa shape index (κ1) is 13.8. The molecule has 1 atom stereocenters. The topological polar surface area (TPSA) is 67.2 Å². The summed E-state index contributed by atoms with van der Waals surface area (Å²) in [7, 11) is 1.91. The van der Waals surface area contributed by atoms with Crippen molar-refractivity contribution >= 4 is 23.2 Å². The highest BCUT2D eigenvalue weighted by Crippen LogP contribution is 2.20. The Bertz CT molecular complexity index is 395. The van der Waals surface area contributed by atoms with E-state index in [1.54, 1.807) is 18.2 Å². The van der Waals surface area contributed by atoms with Gasteiger partial charge in [0, 0.05) is 17.3 Å². The summed E-state index contributed by atoms with van der Waals surface area (Å²) in [6.45, 7) is 3.76. The summed E-state index contributed by atoms with van der Waals surface area (Å²) in [6, 6.07) is 5.01. The van der Waals surface area contributed by atoms with Gasteiger partial charge in [0.1, 0.15) is 0 Å². The molecule has 1 rings (SSSR count). The summed E-state index contributed by atoms with van der Waals surface area (Å²) >= 11 is 5.89. The Morgan fingerprint density at radius 1 is 1.47 bits per heavy atom. The molecule has 0 saturated carbocycles. The highest BCUT2D eigenvalue weighted by molar-refractivity contribution is 6.31. The van der Waals surface area contributed by atoms with Crippen LogP contribution in [0.15, 0.2) is 18.2 Å². The van der Waals surface area contributed by atoms with Gasteiger partial charge in [-0.2, -0.15) is 0 Å². The SMILES string of the molecule is CNCC(C)CNc1cc(Cl)ccc1C(N)=O. The number of hydrogen-bond acceptors (Lipinski definition) is 3. The lowest BCUT2D eigenvalue weighted by molar-refractivity contribution is 0.100. The Labute approximate surface area is 107 Å². The molecule has 0 aliphatic heterocycles. The van der Waals surface area contributed by atoms with E-state index in [1.807, 2.05) is 7.05 Å². The first-order chi connectivity index (χ1) is 8.04. The van der Waals surface area contributed by atoms with E-state index in [0.29, 0.717) is 22.2 Å². The van der Waals surface area contributed by atoms with E-state index in [2.05, 4.69) is 17.6 Å². The second kappa shape index (κ2) is 6.47. The predicted molar refractivity (Wildman–Crippen MR) is 71.6 cm³/mol. The van der Waals surface area contributed by atoms with Crippen LogP contribution in [0.2, 0.25) is 5.02 Å². The third-order valence-corrected chi connectivity index (χ3v) is 2.68. The summed E-state index contributed by atoms with van der Waals surface area (Å²) in [6.07, 6.45) is 0. The average molecular weight is 256 g/mol. The van der Waals surface area contributed by atoms with Gasteiger partial charge in [0.2, 0.25) is 0 Å². The molecule has 4 nitrogen and oxygen atoms in total. The summed E-state index contributed by atoms with van der Waals surface area (Å²) in [4.78, 5) is 11.2. The number of benzene rings is 1. The van der Waals surface area contributed by atoms with Crippen LogP contribution in [0.4, 0.5) is 5.69 Å². The molecule has 0 saturated heterocycles. The first-order valence-electron chi connectivity index (χ1n) is 5.52. The molecule has 1 aromatic carbocycles.